The number of rotatable bonds is 8. The van der Waals surface area contributed by atoms with Crippen molar-refractivity contribution in [1.29, 1.82) is 0 Å². The fourth-order valence-electron chi connectivity index (χ4n) is 2.34. The number of carbonyl (C=O) groups excluding carboxylic acids is 1. The van der Waals surface area contributed by atoms with Gasteiger partial charge in [-0.15, -0.1) is 0 Å². The number of ether oxygens (including phenoxy) is 1. The molecule has 0 saturated carbocycles. The number of carbonyl (C=O) groups is 1. The van der Waals surface area contributed by atoms with Crippen LogP contribution in [0.5, 0.6) is 5.75 Å². The third-order valence-corrected chi connectivity index (χ3v) is 3.84. The second kappa shape index (κ2) is 8.52. The first-order valence-corrected chi connectivity index (χ1v) is 8.52. The largest absolute Gasteiger partial charge is 0.494 e. The van der Waals surface area contributed by atoms with Crippen LogP contribution in [0.4, 0.5) is 0 Å². The van der Waals surface area contributed by atoms with Gasteiger partial charge < -0.3 is 10.1 Å². The van der Waals surface area contributed by atoms with Crippen molar-refractivity contribution in [1.82, 2.24) is 15.1 Å². The van der Waals surface area contributed by atoms with Gasteiger partial charge in [-0.3, -0.25) is 9.48 Å². The summed E-state index contributed by atoms with van der Waals surface area (Å²) in [7, 11) is 1.79. The molecular weight excluding hydrogens is 302 g/mol. The maximum Gasteiger partial charge on any atom is 0.269 e. The average Bonchev–Trinajstić information content (AvgIpc) is 2.94. The Morgan fingerprint density at radius 2 is 2.12 bits per heavy atom. The number of amides is 1. The van der Waals surface area contributed by atoms with Gasteiger partial charge in [-0.25, -0.2) is 0 Å². The molecule has 0 aliphatic heterocycles. The Hall–Kier alpha value is -2.30. The number of benzene rings is 1. The molecule has 1 heterocycles. The van der Waals surface area contributed by atoms with Gasteiger partial charge in [-0.1, -0.05) is 32.9 Å². The van der Waals surface area contributed by atoms with E-state index in [1.165, 1.54) is 0 Å². The molecule has 0 atom stereocenters. The minimum Gasteiger partial charge on any atom is -0.494 e. The van der Waals surface area contributed by atoms with Gasteiger partial charge in [-0.05, 0) is 42.5 Å². The highest BCUT2D eigenvalue weighted by molar-refractivity contribution is 5.92. The van der Waals surface area contributed by atoms with Crippen molar-refractivity contribution in [3.8, 4) is 5.75 Å². The van der Waals surface area contributed by atoms with Crippen molar-refractivity contribution in [2.24, 2.45) is 13.0 Å². The third kappa shape index (κ3) is 5.11. The summed E-state index contributed by atoms with van der Waals surface area (Å²) in [4.78, 5) is 12.3. The molecule has 0 spiro atoms. The summed E-state index contributed by atoms with van der Waals surface area (Å²) in [6.45, 7) is 7.55. The number of hydrogen-bond donors (Lipinski definition) is 1. The van der Waals surface area contributed by atoms with Crippen LogP contribution >= 0.6 is 0 Å². The monoisotopic (exact) mass is 329 g/mol. The molecule has 5 nitrogen and oxygen atoms in total. The molecule has 1 aromatic heterocycles. The first kappa shape index (κ1) is 18.0. The SMILES string of the molecule is CCc1cc(C(=O)NCc2cccc(OCCC(C)C)c2)n(C)n1. The van der Waals surface area contributed by atoms with Crippen LogP contribution in [0.3, 0.4) is 0 Å². The molecule has 1 amide bonds. The van der Waals surface area contributed by atoms with E-state index in [-0.39, 0.29) is 5.91 Å². The number of nitrogens with zero attached hydrogens (tertiary/aromatic N) is 2. The van der Waals surface area contributed by atoms with E-state index in [1.54, 1.807) is 11.7 Å². The van der Waals surface area contributed by atoms with Gasteiger partial charge in [0.15, 0.2) is 0 Å². The molecule has 0 aliphatic rings. The van der Waals surface area contributed by atoms with E-state index in [9.17, 15) is 4.79 Å². The first-order valence-electron chi connectivity index (χ1n) is 8.52. The summed E-state index contributed by atoms with van der Waals surface area (Å²) in [5, 5.41) is 7.24. The lowest BCUT2D eigenvalue weighted by atomic mass is 10.1. The maximum absolute atomic E-state index is 12.3. The number of hydrogen-bond acceptors (Lipinski definition) is 3. The average molecular weight is 329 g/mol. The quantitative estimate of drug-likeness (QED) is 0.808. The van der Waals surface area contributed by atoms with Crippen molar-refractivity contribution >= 4 is 5.91 Å². The molecule has 1 N–H and O–H groups in total. The molecule has 0 fully saturated rings. The zero-order valence-corrected chi connectivity index (χ0v) is 15.0. The van der Waals surface area contributed by atoms with Crippen LogP contribution in [0.1, 0.15) is 48.9 Å². The fraction of sp³-hybridized carbons (Fsp3) is 0.474. The maximum atomic E-state index is 12.3. The Labute approximate surface area is 144 Å². The van der Waals surface area contributed by atoms with E-state index < -0.39 is 0 Å². The van der Waals surface area contributed by atoms with Crippen molar-refractivity contribution in [3.05, 3.63) is 47.3 Å². The Morgan fingerprint density at radius 3 is 2.79 bits per heavy atom. The van der Waals surface area contributed by atoms with Gasteiger partial charge in [-0.2, -0.15) is 5.10 Å². The molecule has 24 heavy (non-hydrogen) atoms. The number of aryl methyl sites for hydroxylation is 2. The van der Waals surface area contributed by atoms with Crippen molar-refractivity contribution in [2.45, 2.75) is 40.2 Å². The summed E-state index contributed by atoms with van der Waals surface area (Å²) in [6.07, 6.45) is 1.85. The number of aromatic nitrogens is 2. The van der Waals surface area contributed by atoms with Gasteiger partial charge in [0.1, 0.15) is 11.4 Å². The highest BCUT2D eigenvalue weighted by Gasteiger charge is 2.12. The van der Waals surface area contributed by atoms with Gasteiger partial charge in [0, 0.05) is 13.6 Å². The standard InChI is InChI=1S/C19H27N3O2/c1-5-16-12-18(22(4)21-16)19(23)20-13-15-7-6-8-17(11-15)24-10-9-14(2)3/h6-8,11-12,14H,5,9-10,13H2,1-4H3,(H,20,23). The Morgan fingerprint density at radius 1 is 1.33 bits per heavy atom. The lowest BCUT2D eigenvalue weighted by Gasteiger charge is -2.10. The minimum atomic E-state index is -0.115. The highest BCUT2D eigenvalue weighted by Crippen LogP contribution is 2.14. The molecule has 0 saturated heterocycles. The Balaban J connectivity index is 1.91. The number of nitrogens with one attached hydrogen (secondary N) is 1. The smallest absolute Gasteiger partial charge is 0.269 e. The van der Waals surface area contributed by atoms with Crippen LogP contribution in [-0.2, 0) is 20.0 Å². The Kier molecular flexibility index (Phi) is 6.41. The predicted octanol–water partition coefficient (Wildman–Crippen LogP) is 3.34. The Bertz CT molecular complexity index is 677. The van der Waals surface area contributed by atoms with Gasteiger partial charge >= 0.3 is 0 Å². The van der Waals surface area contributed by atoms with E-state index in [4.69, 9.17) is 4.74 Å². The molecule has 0 bridgehead atoms. The molecule has 0 aliphatic carbocycles. The highest BCUT2D eigenvalue weighted by atomic mass is 16.5. The van der Waals surface area contributed by atoms with E-state index in [0.717, 1.165) is 29.8 Å². The van der Waals surface area contributed by atoms with E-state index in [1.807, 2.05) is 37.3 Å². The van der Waals surface area contributed by atoms with E-state index in [0.29, 0.717) is 24.8 Å². The van der Waals surface area contributed by atoms with Gasteiger partial charge in [0.25, 0.3) is 5.91 Å². The predicted molar refractivity (Wildman–Crippen MR) is 95.1 cm³/mol. The second-order valence-electron chi connectivity index (χ2n) is 6.36. The molecule has 0 unspecified atom stereocenters. The molecule has 2 rings (SSSR count). The summed E-state index contributed by atoms with van der Waals surface area (Å²) in [5.74, 6) is 1.35. The molecular formula is C19H27N3O2. The lowest BCUT2D eigenvalue weighted by Crippen LogP contribution is -2.25. The molecule has 5 heteroatoms. The topological polar surface area (TPSA) is 56.1 Å². The zero-order chi connectivity index (χ0) is 17.5. The molecule has 0 radical (unpaired) electrons. The summed E-state index contributed by atoms with van der Waals surface area (Å²) in [6, 6.07) is 9.68. The first-order chi connectivity index (χ1) is 11.5. The zero-order valence-electron chi connectivity index (χ0n) is 15.0. The fourth-order valence-corrected chi connectivity index (χ4v) is 2.34. The van der Waals surface area contributed by atoms with Crippen LogP contribution in [-0.4, -0.2) is 22.3 Å². The van der Waals surface area contributed by atoms with Crippen molar-refractivity contribution in [2.75, 3.05) is 6.61 Å². The molecule has 1 aromatic carbocycles. The van der Waals surface area contributed by atoms with Crippen molar-refractivity contribution in [3.63, 3.8) is 0 Å². The van der Waals surface area contributed by atoms with Gasteiger partial charge in [0.05, 0.1) is 12.3 Å². The van der Waals surface area contributed by atoms with E-state index in [2.05, 4.69) is 24.3 Å². The molecule has 2 aromatic rings. The third-order valence-electron chi connectivity index (χ3n) is 3.84. The summed E-state index contributed by atoms with van der Waals surface area (Å²) >= 11 is 0. The summed E-state index contributed by atoms with van der Waals surface area (Å²) in [5.41, 5.74) is 2.52. The summed E-state index contributed by atoms with van der Waals surface area (Å²) < 4.78 is 7.38. The normalized spacial score (nSPS) is 10.9. The van der Waals surface area contributed by atoms with Crippen LogP contribution in [0.2, 0.25) is 0 Å². The van der Waals surface area contributed by atoms with Crippen LogP contribution < -0.4 is 10.1 Å². The van der Waals surface area contributed by atoms with Crippen LogP contribution in [0.15, 0.2) is 30.3 Å². The lowest BCUT2D eigenvalue weighted by molar-refractivity contribution is 0.0941. The van der Waals surface area contributed by atoms with Crippen LogP contribution in [0.25, 0.3) is 0 Å². The second-order valence-corrected chi connectivity index (χ2v) is 6.36. The van der Waals surface area contributed by atoms with Crippen LogP contribution in [0, 0.1) is 5.92 Å². The molecule has 130 valence electrons. The van der Waals surface area contributed by atoms with E-state index >= 15 is 0 Å². The van der Waals surface area contributed by atoms with Gasteiger partial charge in [0.2, 0.25) is 0 Å². The van der Waals surface area contributed by atoms with Crippen molar-refractivity contribution < 1.29 is 9.53 Å². The minimum absolute atomic E-state index is 0.115.